The number of hydrogen-bond acceptors (Lipinski definition) is 1. The molecule has 1 heteroatoms. The average molecular weight is 137 g/mol. The normalized spacial score (nSPS) is 8.50. The van der Waals surface area contributed by atoms with E-state index in [4.69, 9.17) is 6.42 Å². The van der Waals surface area contributed by atoms with Crippen molar-refractivity contribution in [3.8, 4) is 12.3 Å². The molecule has 0 aromatic heterocycles. The third-order valence-electron chi connectivity index (χ3n) is 1.41. The van der Waals surface area contributed by atoms with E-state index in [9.17, 15) is 0 Å². The lowest BCUT2D eigenvalue weighted by Crippen LogP contribution is -2.16. The van der Waals surface area contributed by atoms with Crippen molar-refractivity contribution in [2.75, 3.05) is 13.6 Å². The van der Waals surface area contributed by atoms with Gasteiger partial charge in [-0.05, 0) is 6.42 Å². The minimum Gasteiger partial charge on any atom is -0.367 e. The Hall–Kier alpha value is -0.900. The number of terminal acetylenes is 1. The summed E-state index contributed by atoms with van der Waals surface area (Å²) in [5.74, 6) is 2.57. The maximum atomic E-state index is 5.13. The molecule has 0 saturated heterocycles. The summed E-state index contributed by atoms with van der Waals surface area (Å²) in [4.78, 5) is 2.00. The van der Waals surface area contributed by atoms with Crippen molar-refractivity contribution in [2.45, 2.75) is 19.8 Å². The molecule has 1 nitrogen and oxygen atoms in total. The van der Waals surface area contributed by atoms with Crippen LogP contribution in [0.25, 0.3) is 0 Å². The number of allylic oxidation sites excluding steroid dienone is 1. The lowest BCUT2D eigenvalue weighted by molar-refractivity contribution is 0.451. The average Bonchev–Trinajstić information content (AvgIpc) is 1.89. The molecule has 0 fully saturated rings. The molecule has 0 N–H and O–H groups in total. The van der Waals surface area contributed by atoms with Crippen molar-refractivity contribution in [3.63, 3.8) is 0 Å². The molecular weight excluding hydrogens is 122 g/mol. The predicted octanol–water partition coefficient (Wildman–Crippen LogP) is 1.87. The smallest absolute Gasteiger partial charge is 0.0785 e. The Balaban J connectivity index is 3.62. The molecule has 0 radical (unpaired) electrons. The summed E-state index contributed by atoms with van der Waals surface area (Å²) >= 11 is 0. The molecule has 0 atom stereocenters. The van der Waals surface area contributed by atoms with Crippen molar-refractivity contribution in [1.29, 1.82) is 0 Å². The van der Waals surface area contributed by atoms with Gasteiger partial charge in [0, 0.05) is 12.7 Å². The number of rotatable bonds is 4. The largest absolute Gasteiger partial charge is 0.367 e. The van der Waals surface area contributed by atoms with E-state index in [0.29, 0.717) is 6.54 Å². The van der Waals surface area contributed by atoms with Crippen molar-refractivity contribution in [1.82, 2.24) is 4.90 Å². The monoisotopic (exact) mass is 137 g/mol. The minimum absolute atomic E-state index is 0.666. The summed E-state index contributed by atoms with van der Waals surface area (Å²) in [6.07, 6.45) is 7.30. The number of hydrogen-bond donors (Lipinski definition) is 0. The summed E-state index contributed by atoms with van der Waals surface area (Å²) in [7, 11) is 1.97. The molecule has 0 aromatic carbocycles. The Morgan fingerprint density at radius 2 is 2.30 bits per heavy atom. The first-order chi connectivity index (χ1) is 4.72. The van der Waals surface area contributed by atoms with Gasteiger partial charge in [-0.3, -0.25) is 0 Å². The van der Waals surface area contributed by atoms with E-state index < -0.39 is 0 Å². The SMILES string of the molecule is C#CCN(C)C(=C)CCC. The molecule has 0 spiro atoms. The van der Waals surface area contributed by atoms with Crippen molar-refractivity contribution in [3.05, 3.63) is 12.3 Å². The number of nitrogens with zero attached hydrogens (tertiary/aromatic N) is 1. The van der Waals surface area contributed by atoms with Gasteiger partial charge in [0.05, 0.1) is 6.54 Å². The van der Waals surface area contributed by atoms with E-state index >= 15 is 0 Å². The van der Waals surface area contributed by atoms with E-state index in [2.05, 4.69) is 19.4 Å². The Labute approximate surface area is 63.7 Å². The zero-order valence-electron chi connectivity index (χ0n) is 6.85. The van der Waals surface area contributed by atoms with Gasteiger partial charge in [0.15, 0.2) is 0 Å². The Bertz CT molecular complexity index is 141. The van der Waals surface area contributed by atoms with Crippen LogP contribution in [0.4, 0.5) is 0 Å². The zero-order valence-corrected chi connectivity index (χ0v) is 6.85. The highest BCUT2D eigenvalue weighted by Gasteiger charge is 1.96. The molecule has 10 heavy (non-hydrogen) atoms. The van der Waals surface area contributed by atoms with E-state index in [1.165, 1.54) is 0 Å². The third-order valence-corrected chi connectivity index (χ3v) is 1.41. The molecule has 0 amide bonds. The van der Waals surface area contributed by atoms with Crippen molar-refractivity contribution >= 4 is 0 Å². The van der Waals surface area contributed by atoms with E-state index in [-0.39, 0.29) is 0 Å². The van der Waals surface area contributed by atoms with Crippen molar-refractivity contribution < 1.29 is 0 Å². The Morgan fingerprint density at radius 3 is 2.70 bits per heavy atom. The predicted molar refractivity (Wildman–Crippen MR) is 45.5 cm³/mol. The molecule has 0 heterocycles. The van der Waals surface area contributed by atoms with Gasteiger partial charge >= 0.3 is 0 Å². The molecule has 0 saturated carbocycles. The standard InChI is InChI=1S/C9H15N/c1-5-7-9(3)10(4)8-6-2/h2H,3,5,7-8H2,1,4H3. The van der Waals surface area contributed by atoms with Crippen LogP contribution in [0, 0.1) is 12.3 Å². The van der Waals surface area contributed by atoms with Crippen LogP contribution in [0.2, 0.25) is 0 Å². The molecular formula is C9H15N. The Kier molecular flexibility index (Phi) is 4.49. The molecule has 0 bridgehead atoms. The molecule has 0 rings (SSSR count). The summed E-state index contributed by atoms with van der Waals surface area (Å²) in [6.45, 7) is 6.69. The minimum atomic E-state index is 0.666. The highest BCUT2D eigenvalue weighted by Crippen LogP contribution is 2.04. The lowest BCUT2D eigenvalue weighted by atomic mass is 10.2. The highest BCUT2D eigenvalue weighted by atomic mass is 15.1. The molecule has 0 unspecified atom stereocenters. The first-order valence-corrected chi connectivity index (χ1v) is 3.54. The quantitative estimate of drug-likeness (QED) is 0.535. The molecule has 0 aliphatic carbocycles. The van der Waals surface area contributed by atoms with Gasteiger partial charge < -0.3 is 4.90 Å². The maximum absolute atomic E-state index is 5.13. The Morgan fingerprint density at radius 1 is 1.70 bits per heavy atom. The van der Waals surface area contributed by atoms with Crippen LogP contribution in [-0.4, -0.2) is 18.5 Å². The zero-order chi connectivity index (χ0) is 7.98. The van der Waals surface area contributed by atoms with Crippen LogP contribution in [0.5, 0.6) is 0 Å². The summed E-state index contributed by atoms with van der Waals surface area (Å²) in [5.41, 5.74) is 1.13. The van der Waals surface area contributed by atoms with Crippen LogP contribution in [-0.2, 0) is 0 Å². The second-order valence-corrected chi connectivity index (χ2v) is 2.38. The van der Waals surface area contributed by atoms with Gasteiger partial charge in [0.1, 0.15) is 0 Å². The fourth-order valence-corrected chi connectivity index (χ4v) is 0.728. The van der Waals surface area contributed by atoms with Gasteiger partial charge in [-0.15, -0.1) is 6.42 Å². The fourth-order valence-electron chi connectivity index (χ4n) is 0.728. The van der Waals surface area contributed by atoms with Crippen LogP contribution >= 0.6 is 0 Å². The summed E-state index contributed by atoms with van der Waals surface area (Å²) in [6, 6.07) is 0. The highest BCUT2D eigenvalue weighted by molar-refractivity contribution is 4.98. The van der Waals surface area contributed by atoms with E-state index in [1.807, 2.05) is 11.9 Å². The van der Waals surface area contributed by atoms with Gasteiger partial charge in [-0.1, -0.05) is 25.8 Å². The first-order valence-electron chi connectivity index (χ1n) is 3.54. The molecule has 0 aliphatic heterocycles. The first kappa shape index (κ1) is 9.10. The molecule has 56 valence electrons. The van der Waals surface area contributed by atoms with Gasteiger partial charge in [-0.25, -0.2) is 0 Å². The van der Waals surface area contributed by atoms with Crippen molar-refractivity contribution in [2.24, 2.45) is 0 Å². The van der Waals surface area contributed by atoms with E-state index in [1.54, 1.807) is 0 Å². The lowest BCUT2D eigenvalue weighted by Gasteiger charge is -2.17. The summed E-state index contributed by atoms with van der Waals surface area (Å²) < 4.78 is 0. The van der Waals surface area contributed by atoms with Gasteiger partial charge in [0.25, 0.3) is 0 Å². The fraction of sp³-hybridized carbons (Fsp3) is 0.556. The molecule has 0 aliphatic rings. The second kappa shape index (κ2) is 4.93. The summed E-state index contributed by atoms with van der Waals surface area (Å²) in [5, 5.41) is 0. The van der Waals surface area contributed by atoms with Gasteiger partial charge in [0.2, 0.25) is 0 Å². The van der Waals surface area contributed by atoms with Gasteiger partial charge in [-0.2, -0.15) is 0 Å². The topological polar surface area (TPSA) is 3.24 Å². The van der Waals surface area contributed by atoms with Crippen LogP contribution in [0.15, 0.2) is 12.3 Å². The molecule has 0 aromatic rings. The second-order valence-electron chi connectivity index (χ2n) is 2.38. The van der Waals surface area contributed by atoms with Crippen LogP contribution in [0.3, 0.4) is 0 Å². The third kappa shape index (κ3) is 3.19. The maximum Gasteiger partial charge on any atom is 0.0785 e. The van der Waals surface area contributed by atoms with Crippen LogP contribution < -0.4 is 0 Å². The van der Waals surface area contributed by atoms with E-state index in [0.717, 1.165) is 18.5 Å². The van der Waals surface area contributed by atoms with Crippen LogP contribution in [0.1, 0.15) is 19.8 Å².